The minimum atomic E-state index is -1.89. The van der Waals surface area contributed by atoms with Gasteiger partial charge < -0.3 is 69.5 Å². The summed E-state index contributed by atoms with van der Waals surface area (Å²) in [5.41, 5.74) is -6.35. The standard InChI is InChI=1S/C46H78F3N3O12/c1-14-16-51-23-46(57)29(8)60-35(21-44(46,10)58-13)63-37-26(5)40(64-42-38(33(50-12)17-25(4)59-42)61-30-18-31(47)36(49)32(48)19-30)43(9,55)20-24(3)22-52-28(7)39(53)45(11,56)34(15-2)62-41(54)27(37)6/h18-19,24-29,33-35,37-40,42,50-53,55-57H,14-17,20-23H2,1-13H3/t24-,25-,26+,27-,28-,29+,33+,34-,35+,37+,38-,39-,40-,42+,43-,44-,45-,46+/m1/s1. The van der Waals surface area contributed by atoms with E-state index in [1.807, 2.05) is 20.8 Å². The third-order valence-corrected chi connectivity index (χ3v) is 14.0. The van der Waals surface area contributed by atoms with Gasteiger partial charge in [-0.1, -0.05) is 27.7 Å². The summed E-state index contributed by atoms with van der Waals surface area (Å²) >= 11 is 0. The number of methoxy groups -OCH3 is 1. The number of esters is 1. The molecule has 0 amide bonds. The van der Waals surface area contributed by atoms with Crippen LogP contribution >= 0.6 is 0 Å². The van der Waals surface area contributed by atoms with Gasteiger partial charge in [0.15, 0.2) is 36.1 Å². The third kappa shape index (κ3) is 12.1. The first-order chi connectivity index (χ1) is 29.8. The molecule has 0 spiro atoms. The molecule has 3 heterocycles. The molecule has 4 rings (SSSR count). The van der Waals surface area contributed by atoms with Crippen molar-refractivity contribution in [1.29, 1.82) is 0 Å². The van der Waals surface area contributed by atoms with Gasteiger partial charge in [0.1, 0.15) is 34.8 Å². The van der Waals surface area contributed by atoms with Crippen LogP contribution in [-0.2, 0) is 33.2 Å². The number of cyclic esters (lactones) is 1. The SMILES string of the molecule is CCCNC[C@]1(O)[C@H](C)O[C@@H](O[C@H]2[C@H](C)[C@@H](O[C@@H]3O[C@H](C)C[C@H](NC)[C@H]3Oc3cc(F)c(F)c(F)c3)[C@](C)(O)C[C@@H](C)CN[C@H](C)[C@@H](O)[C@](C)(O)[C@@H](CC)OC(=O)[C@@H]2C)C[C@@]1(C)OC. The fourth-order valence-corrected chi connectivity index (χ4v) is 9.88. The second kappa shape index (κ2) is 22.3. The van der Waals surface area contributed by atoms with E-state index in [1.165, 1.54) is 14.0 Å². The molecular formula is C46H78F3N3O12. The minimum absolute atomic E-state index is 0.0118. The van der Waals surface area contributed by atoms with Crippen molar-refractivity contribution in [3.8, 4) is 5.75 Å². The van der Waals surface area contributed by atoms with E-state index in [9.17, 15) is 38.4 Å². The zero-order valence-corrected chi connectivity index (χ0v) is 40.1. The smallest absolute Gasteiger partial charge is 0.311 e. The molecule has 1 aromatic carbocycles. The monoisotopic (exact) mass is 922 g/mol. The highest BCUT2D eigenvalue weighted by atomic mass is 19.2. The Morgan fingerprint density at radius 1 is 0.938 bits per heavy atom. The predicted molar refractivity (Wildman–Crippen MR) is 232 cm³/mol. The quantitative estimate of drug-likeness (QED) is 0.0848. The van der Waals surface area contributed by atoms with Crippen LogP contribution in [0.25, 0.3) is 0 Å². The van der Waals surface area contributed by atoms with E-state index in [0.717, 1.165) is 18.6 Å². The Kier molecular flexibility index (Phi) is 18.9. The average Bonchev–Trinajstić information content (AvgIpc) is 3.23. The molecule has 7 N–H and O–H groups in total. The first-order valence-electron chi connectivity index (χ1n) is 23.0. The van der Waals surface area contributed by atoms with Gasteiger partial charge in [0.2, 0.25) is 0 Å². The van der Waals surface area contributed by atoms with Crippen LogP contribution in [0.15, 0.2) is 12.1 Å². The first kappa shape index (κ1) is 54.4. The van der Waals surface area contributed by atoms with Gasteiger partial charge in [-0.2, -0.15) is 0 Å². The van der Waals surface area contributed by atoms with Crippen LogP contribution in [0, 0.1) is 35.2 Å². The van der Waals surface area contributed by atoms with Crippen LogP contribution < -0.4 is 20.7 Å². The Morgan fingerprint density at radius 2 is 1.58 bits per heavy atom. The van der Waals surface area contributed by atoms with Crippen molar-refractivity contribution < 1.29 is 71.5 Å². The molecule has 0 saturated carbocycles. The number of aliphatic hydroxyl groups is 4. The molecule has 0 unspecified atom stereocenters. The fourth-order valence-electron chi connectivity index (χ4n) is 9.88. The fraction of sp³-hybridized carbons (Fsp3) is 0.848. The van der Waals surface area contributed by atoms with Crippen molar-refractivity contribution in [1.82, 2.24) is 16.0 Å². The summed E-state index contributed by atoms with van der Waals surface area (Å²) in [4.78, 5) is 14.5. The number of likely N-dealkylation sites (N-methyl/N-ethyl adjacent to an activating group) is 1. The van der Waals surface area contributed by atoms with E-state index < -0.39 is 125 Å². The molecule has 15 nitrogen and oxygen atoms in total. The number of hydrogen-bond acceptors (Lipinski definition) is 15. The van der Waals surface area contributed by atoms with E-state index in [0.29, 0.717) is 13.0 Å². The van der Waals surface area contributed by atoms with E-state index in [1.54, 1.807) is 55.5 Å². The molecule has 370 valence electrons. The normalized spacial score (nSPS) is 43.2. The van der Waals surface area contributed by atoms with Gasteiger partial charge >= 0.3 is 5.97 Å². The van der Waals surface area contributed by atoms with Gasteiger partial charge in [0, 0.05) is 44.2 Å². The average molecular weight is 922 g/mol. The largest absolute Gasteiger partial charge is 0.483 e. The molecule has 3 saturated heterocycles. The maximum Gasteiger partial charge on any atom is 0.311 e. The van der Waals surface area contributed by atoms with E-state index >= 15 is 0 Å². The molecular weight excluding hydrogens is 844 g/mol. The van der Waals surface area contributed by atoms with Gasteiger partial charge in [-0.25, -0.2) is 13.2 Å². The van der Waals surface area contributed by atoms with E-state index in [-0.39, 0.29) is 44.0 Å². The Bertz CT molecular complexity index is 1640. The lowest BCUT2D eigenvalue weighted by Crippen LogP contribution is -2.70. The number of hydrogen-bond donors (Lipinski definition) is 7. The van der Waals surface area contributed by atoms with Crippen molar-refractivity contribution in [3.63, 3.8) is 0 Å². The van der Waals surface area contributed by atoms with Crippen LogP contribution in [0.3, 0.4) is 0 Å². The molecule has 64 heavy (non-hydrogen) atoms. The molecule has 0 aromatic heterocycles. The van der Waals surface area contributed by atoms with Crippen molar-refractivity contribution in [3.05, 3.63) is 29.6 Å². The molecule has 3 aliphatic rings. The molecule has 1 aromatic rings. The summed E-state index contributed by atoms with van der Waals surface area (Å²) in [7, 11) is 3.17. The molecule has 0 aliphatic carbocycles. The Hall–Kier alpha value is -2.20. The van der Waals surface area contributed by atoms with Gasteiger partial charge in [-0.3, -0.25) is 4.79 Å². The molecule has 0 radical (unpaired) electrons. The first-order valence-corrected chi connectivity index (χ1v) is 23.0. The number of benzene rings is 1. The third-order valence-electron chi connectivity index (χ3n) is 14.0. The van der Waals surface area contributed by atoms with Crippen molar-refractivity contribution in [2.45, 2.75) is 198 Å². The lowest BCUT2D eigenvalue weighted by Gasteiger charge is -2.53. The highest BCUT2D eigenvalue weighted by Gasteiger charge is 2.58. The van der Waals surface area contributed by atoms with Gasteiger partial charge in [0.25, 0.3) is 0 Å². The molecule has 3 aliphatic heterocycles. The zero-order valence-electron chi connectivity index (χ0n) is 40.1. The summed E-state index contributed by atoms with van der Waals surface area (Å²) in [6.45, 7) is 20.1. The summed E-state index contributed by atoms with van der Waals surface area (Å²) in [6.07, 6.45) is -8.31. The molecule has 3 fully saturated rings. The second-order valence-electron chi connectivity index (χ2n) is 19.4. The topological polar surface area (TPSA) is 199 Å². The van der Waals surface area contributed by atoms with E-state index in [2.05, 4.69) is 16.0 Å². The van der Waals surface area contributed by atoms with Crippen LogP contribution in [0.5, 0.6) is 5.75 Å². The molecule has 18 heteroatoms. The highest BCUT2D eigenvalue weighted by molar-refractivity contribution is 5.73. The maximum absolute atomic E-state index is 14.5. The number of carbonyl (C=O) groups excluding carboxylic acids is 1. The Balaban J connectivity index is 1.86. The summed E-state index contributed by atoms with van der Waals surface area (Å²) in [5.74, 6) is -8.02. The number of aliphatic hydroxyl groups excluding tert-OH is 1. The summed E-state index contributed by atoms with van der Waals surface area (Å²) in [6, 6.07) is 0.254. The Morgan fingerprint density at radius 3 is 2.16 bits per heavy atom. The van der Waals surface area contributed by atoms with Crippen LogP contribution in [0.2, 0.25) is 0 Å². The van der Waals surface area contributed by atoms with Gasteiger partial charge in [-0.15, -0.1) is 0 Å². The van der Waals surface area contributed by atoms with Gasteiger partial charge in [-0.05, 0) is 100 Å². The van der Waals surface area contributed by atoms with Crippen molar-refractivity contribution in [2.75, 3.05) is 33.8 Å². The number of ether oxygens (including phenoxy) is 7. The van der Waals surface area contributed by atoms with E-state index in [4.69, 9.17) is 33.2 Å². The lowest BCUT2D eigenvalue weighted by molar-refractivity contribution is -0.335. The summed E-state index contributed by atoms with van der Waals surface area (Å²) in [5, 5.41) is 57.8. The zero-order chi connectivity index (χ0) is 48.1. The highest BCUT2D eigenvalue weighted by Crippen LogP contribution is 2.43. The minimum Gasteiger partial charge on any atom is -0.483 e. The number of halogens is 3. The number of rotatable bonds is 13. The summed E-state index contributed by atoms with van der Waals surface area (Å²) < 4.78 is 87.9. The Labute approximate surface area is 377 Å². The number of nitrogens with one attached hydrogen (secondary N) is 3. The van der Waals surface area contributed by atoms with Crippen molar-refractivity contribution in [2.24, 2.45) is 17.8 Å². The second-order valence-corrected chi connectivity index (χ2v) is 19.4. The van der Waals surface area contributed by atoms with Crippen LogP contribution in [0.4, 0.5) is 13.2 Å². The van der Waals surface area contributed by atoms with Crippen LogP contribution in [-0.4, -0.2) is 150 Å². The molecule has 0 bridgehead atoms. The van der Waals surface area contributed by atoms with Gasteiger partial charge in [0.05, 0.1) is 42.0 Å². The van der Waals surface area contributed by atoms with Crippen molar-refractivity contribution >= 4 is 5.97 Å². The molecule has 18 atom stereocenters. The lowest BCUT2D eigenvalue weighted by atomic mass is 9.75. The maximum atomic E-state index is 14.5. The number of carbonyl (C=O) groups is 1. The predicted octanol–water partition coefficient (Wildman–Crippen LogP) is 4.09. The van der Waals surface area contributed by atoms with Crippen LogP contribution in [0.1, 0.15) is 108 Å².